The van der Waals surface area contributed by atoms with Crippen LogP contribution in [0.1, 0.15) is 29.5 Å². The summed E-state index contributed by atoms with van der Waals surface area (Å²) in [5.74, 6) is -1.21. The zero-order chi connectivity index (χ0) is 21.5. The number of carbonyl (C=O) groups excluding carboxylic acids is 2. The first-order valence-corrected chi connectivity index (χ1v) is 9.73. The normalized spacial score (nSPS) is 11.7. The molecule has 0 bridgehead atoms. The number of rotatable bonds is 8. The van der Waals surface area contributed by atoms with Gasteiger partial charge in [0, 0.05) is 16.6 Å². The predicted octanol–water partition coefficient (Wildman–Crippen LogP) is 4.43. The van der Waals surface area contributed by atoms with Gasteiger partial charge in [0.15, 0.2) is 6.39 Å². The molecule has 1 unspecified atom stereocenters. The van der Waals surface area contributed by atoms with Crippen molar-refractivity contribution in [2.24, 2.45) is 0 Å². The predicted molar refractivity (Wildman–Crippen MR) is 110 cm³/mol. The molecule has 0 aliphatic rings. The van der Waals surface area contributed by atoms with E-state index in [1.165, 1.54) is 18.3 Å². The van der Waals surface area contributed by atoms with Gasteiger partial charge in [-0.3, -0.25) is 9.59 Å². The topological polar surface area (TPSA) is 81.4 Å². The van der Waals surface area contributed by atoms with Gasteiger partial charge < -0.3 is 14.5 Å². The number of ether oxygens (including phenoxy) is 1. The molecule has 8 heteroatoms. The molecule has 0 spiro atoms. The van der Waals surface area contributed by atoms with Crippen LogP contribution < -0.4 is 5.32 Å². The highest BCUT2D eigenvalue weighted by Crippen LogP contribution is 2.26. The maximum atomic E-state index is 14.1. The Bertz CT molecular complexity index is 1010. The summed E-state index contributed by atoms with van der Waals surface area (Å²) < 4.78 is 24.1. The van der Waals surface area contributed by atoms with Crippen molar-refractivity contribution in [1.29, 1.82) is 0 Å². The van der Waals surface area contributed by atoms with E-state index in [2.05, 4.69) is 10.3 Å². The molecule has 3 aromatic rings. The summed E-state index contributed by atoms with van der Waals surface area (Å²) in [4.78, 5) is 28.0. The Balaban J connectivity index is 1.75. The minimum absolute atomic E-state index is 0.00160. The summed E-state index contributed by atoms with van der Waals surface area (Å²) in [6.07, 6.45) is 2.82. The van der Waals surface area contributed by atoms with Crippen LogP contribution in [-0.4, -0.2) is 29.5 Å². The second-order valence-electron chi connectivity index (χ2n) is 6.57. The smallest absolute Gasteiger partial charge is 0.307 e. The molecule has 0 aliphatic carbocycles. The van der Waals surface area contributed by atoms with Crippen molar-refractivity contribution in [3.05, 3.63) is 77.2 Å². The molecule has 0 aliphatic heterocycles. The Hall–Kier alpha value is -3.19. The van der Waals surface area contributed by atoms with E-state index in [-0.39, 0.29) is 24.6 Å². The lowest BCUT2D eigenvalue weighted by atomic mass is 9.99. The lowest BCUT2D eigenvalue weighted by Crippen LogP contribution is -2.38. The van der Waals surface area contributed by atoms with Crippen molar-refractivity contribution in [3.8, 4) is 11.1 Å². The highest BCUT2D eigenvalue weighted by atomic mass is 35.5. The zero-order valence-corrected chi connectivity index (χ0v) is 17.0. The molecule has 1 amide bonds. The third-order valence-electron chi connectivity index (χ3n) is 4.39. The maximum Gasteiger partial charge on any atom is 0.307 e. The number of hydrogen-bond donors (Lipinski definition) is 1. The van der Waals surface area contributed by atoms with Gasteiger partial charge in [-0.1, -0.05) is 35.9 Å². The molecule has 0 radical (unpaired) electrons. The molecular formula is C22H20ClFN2O4. The van der Waals surface area contributed by atoms with Gasteiger partial charge in [0.1, 0.15) is 5.82 Å². The van der Waals surface area contributed by atoms with Crippen LogP contribution in [0.3, 0.4) is 0 Å². The summed E-state index contributed by atoms with van der Waals surface area (Å²) in [7, 11) is 0. The Morgan fingerprint density at radius 2 is 2.00 bits per heavy atom. The van der Waals surface area contributed by atoms with Gasteiger partial charge in [-0.25, -0.2) is 9.37 Å². The van der Waals surface area contributed by atoms with Crippen LogP contribution in [0, 0.1) is 5.82 Å². The monoisotopic (exact) mass is 430 g/mol. The number of halogens is 2. The average molecular weight is 431 g/mol. The summed E-state index contributed by atoms with van der Waals surface area (Å²) in [6, 6.07) is 11.0. The number of carbonyl (C=O) groups is 2. The minimum atomic E-state index is -0.518. The standard InChI is InChI=1S/C22H20ClFN2O4/c1-2-29-21(27)11-17(26-22(28)20-12-25-13-30-20)9-14-3-5-15(6-4-14)18-10-16(23)7-8-19(18)24/h3-8,10,12-13,17H,2,9,11H2,1H3,(H,26,28). The van der Waals surface area contributed by atoms with Gasteiger partial charge in [0.2, 0.25) is 5.76 Å². The number of nitrogens with one attached hydrogen (secondary N) is 1. The fraction of sp³-hybridized carbons (Fsp3) is 0.227. The summed E-state index contributed by atoms with van der Waals surface area (Å²) in [5.41, 5.74) is 1.93. The first-order chi connectivity index (χ1) is 14.5. The summed E-state index contributed by atoms with van der Waals surface area (Å²) in [5, 5.41) is 3.21. The van der Waals surface area contributed by atoms with Crippen LogP contribution >= 0.6 is 11.6 Å². The van der Waals surface area contributed by atoms with Crippen molar-refractivity contribution in [3.63, 3.8) is 0 Å². The highest BCUT2D eigenvalue weighted by molar-refractivity contribution is 6.30. The van der Waals surface area contributed by atoms with E-state index in [0.717, 1.165) is 12.0 Å². The largest absolute Gasteiger partial charge is 0.466 e. The second kappa shape index (κ2) is 10.0. The van der Waals surface area contributed by atoms with Gasteiger partial charge in [-0.15, -0.1) is 0 Å². The first kappa shape index (κ1) is 21.5. The van der Waals surface area contributed by atoms with Crippen LogP contribution in [-0.2, 0) is 16.0 Å². The molecule has 1 heterocycles. The lowest BCUT2D eigenvalue weighted by Gasteiger charge is -2.18. The summed E-state index contributed by atoms with van der Waals surface area (Å²) >= 11 is 5.97. The number of nitrogens with zero attached hydrogens (tertiary/aromatic N) is 1. The first-order valence-electron chi connectivity index (χ1n) is 9.35. The van der Waals surface area contributed by atoms with Crippen molar-refractivity contribution in [2.75, 3.05) is 6.61 Å². The summed E-state index contributed by atoms with van der Waals surface area (Å²) in [6.45, 7) is 1.97. The van der Waals surface area contributed by atoms with Gasteiger partial charge >= 0.3 is 5.97 Å². The van der Waals surface area contributed by atoms with E-state index in [1.54, 1.807) is 25.1 Å². The fourth-order valence-electron chi connectivity index (χ4n) is 3.00. The van der Waals surface area contributed by atoms with Gasteiger partial charge in [-0.05, 0) is 42.7 Å². The zero-order valence-electron chi connectivity index (χ0n) is 16.2. The van der Waals surface area contributed by atoms with Crippen LogP contribution in [0.5, 0.6) is 0 Å². The Morgan fingerprint density at radius 1 is 1.23 bits per heavy atom. The molecule has 6 nitrogen and oxygen atoms in total. The molecule has 30 heavy (non-hydrogen) atoms. The fourth-order valence-corrected chi connectivity index (χ4v) is 3.18. The van der Waals surface area contributed by atoms with E-state index in [4.69, 9.17) is 20.8 Å². The molecule has 0 fully saturated rings. The van der Waals surface area contributed by atoms with E-state index in [0.29, 0.717) is 22.6 Å². The molecule has 1 N–H and O–H groups in total. The number of aromatic nitrogens is 1. The highest BCUT2D eigenvalue weighted by Gasteiger charge is 2.20. The number of esters is 1. The maximum absolute atomic E-state index is 14.1. The molecule has 156 valence electrons. The van der Waals surface area contributed by atoms with Gasteiger partial charge in [0.25, 0.3) is 5.91 Å². The van der Waals surface area contributed by atoms with Gasteiger partial charge in [-0.2, -0.15) is 0 Å². The van der Waals surface area contributed by atoms with Crippen molar-refractivity contribution in [1.82, 2.24) is 10.3 Å². The number of benzene rings is 2. The molecule has 3 rings (SSSR count). The Morgan fingerprint density at radius 3 is 2.67 bits per heavy atom. The quantitative estimate of drug-likeness (QED) is 0.535. The van der Waals surface area contributed by atoms with Crippen LogP contribution in [0.2, 0.25) is 5.02 Å². The lowest BCUT2D eigenvalue weighted by molar-refractivity contribution is -0.143. The van der Waals surface area contributed by atoms with Crippen LogP contribution in [0.25, 0.3) is 11.1 Å². The number of amides is 1. The minimum Gasteiger partial charge on any atom is -0.466 e. The van der Waals surface area contributed by atoms with Crippen molar-refractivity contribution < 1.29 is 23.1 Å². The van der Waals surface area contributed by atoms with Crippen molar-refractivity contribution in [2.45, 2.75) is 25.8 Å². The van der Waals surface area contributed by atoms with Crippen LogP contribution in [0.4, 0.5) is 4.39 Å². The van der Waals surface area contributed by atoms with E-state index in [9.17, 15) is 14.0 Å². The van der Waals surface area contributed by atoms with E-state index in [1.807, 2.05) is 12.1 Å². The molecule has 1 aromatic heterocycles. The molecule has 1 atom stereocenters. The van der Waals surface area contributed by atoms with Crippen molar-refractivity contribution >= 4 is 23.5 Å². The molecular weight excluding hydrogens is 411 g/mol. The number of oxazole rings is 1. The third kappa shape index (κ3) is 5.67. The van der Waals surface area contributed by atoms with Gasteiger partial charge in [0.05, 0.1) is 19.2 Å². The second-order valence-corrected chi connectivity index (χ2v) is 7.01. The van der Waals surface area contributed by atoms with E-state index < -0.39 is 17.9 Å². The molecule has 2 aromatic carbocycles. The van der Waals surface area contributed by atoms with Crippen LogP contribution in [0.15, 0.2) is 59.5 Å². The average Bonchev–Trinajstić information content (AvgIpc) is 3.26. The molecule has 0 saturated carbocycles. The number of hydrogen-bond acceptors (Lipinski definition) is 5. The third-order valence-corrected chi connectivity index (χ3v) is 4.62. The van der Waals surface area contributed by atoms with E-state index >= 15 is 0 Å². The SMILES string of the molecule is CCOC(=O)CC(Cc1ccc(-c2cc(Cl)ccc2F)cc1)NC(=O)c1cnco1. The molecule has 0 saturated heterocycles. The Kier molecular flexibility index (Phi) is 7.19. The Labute approximate surface area is 178 Å².